The third-order valence-electron chi connectivity index (χ3n) is 3.33. The van der Waals surface area contributed by atoms with Crippen LogP contribution in [-0.2, 0) is 11.2 Å². The lowest BCUT2D eigenvalue weighted by Crippen LogP contribution is -2.35. The summed E-state index contributed by atoms with van der Waals surface area (Å²) in [7, 11) is 1.77. The topological polar surface area (TPSA) is 40.5 Å². The zero-order chi connectivity index (χ0) is 11.5. The Bertz CT molecular complexity index is 389. The smallest absolute Gasteiger partial charge is 0.248 e. The average molecular weight is 219 g/mol. The second-order valence-electron chi connectivity index (χ2n) is 4.27. The van der Waals surface area contributed by atoms with E-state index >= 15 is 0 Å². The van der Waals surface area contributed by atoms with Gasteiger partial charge in [-0.05, 0) is 30.4 Å². The number of fused-ring (bicyclic) bond motifs is 1. The maximum atomic E-state index is 11.5. The molecule has 0 fully saturated rings. The summed E-state index contributed by atoms with van der Waals surface area (Å²) in [6.07, 6.45) is 3.18. The van der Waals surface area contributed by atoms with Crippen LogP contribution in [0.3, 0.4) is 0 Å². The molecule has 0 aromatic heterocycles. The van der Waals surface area contributed by atoms with Crippen molar-refractivity contribution in [3.63, 3.8) is 0 Å². The lowest BCUT2D eigenvalue weighted by Gasteiger charge is -2.33. The van der Waals surface area contributed by atoms with E-state index in [0.717, 1.165) is 19.3 Å². The molecule has 3 heteroatoms. The minimum atomic E-state index is -0.408. The number of carbonyl (C=O) groups excluding carboxylic acids is 1. The van der Waals surface area contributed by atoms with Crippen molar-refractivity contribution in [3.8, 4) is 0 Å². The van der Waals surface area contributed by atoms with E-state index in [2.05, 4.69) is 12.1 Å². The van der Waals surface area contributed by atoms with E-state index in [-0.39, 0.29) is 11.9 Å². The fraction of sp³-hybridized carbons (Fsp3) is 0.462. The molecule has 1 N–H and O–H groups in total. The Morgan fingerprint density at radius 2 is 2.25 bits per heavy atom. The van der Waals surface area contributed by atoms with Gasteiger partial charge in [-0.2, -0.15) is 0 Å². The number of carbonyl (C=O) groups is 1. The molecule has 1 atom stereocenters. The van der Waals surface area contributed by atoms with E-state index < -0.39 is 6.61 Å². The summed E-state index contributed by atoms with van der Waals surface area (Å²) in [4.78, 5) is 13.2. The van der Waals surface area contributed by atoms with Crippen molar-refractivity contribution in [2.75, 3.05) is 13.7 Å². The van der Waals surface area contributed by atoms with Gasteiger partial charge in [0.15, 0.2) is 0 Å². The summed E-state index contributed by atoms with van der Waals surface area (Å²) >= 11 is 0. The van der Waals surface area contributed by atoms with Crippen molar-refractivity contribution in [1.82, 2.24) is 4.90 Å². The van der Waals surface area contributed by atoms with Crippen LogP contribution in [0.25, 0.3) is 0 Å². The van der Waals surface area contributed by atoms with E-state index in [9.17, 15) is 4.79 Å². The summed E-state index contributed by atoms with van der Waals surface area (Å²) in [6.45, 7) is -0.408. The highest BCUT2D eigenvalue weighted by Crippen LogP contribution is 2.33. The molecule has 3 nitrogen and oxygen atoms in total. The summed E-state index contributed by atoms with van der Waals surface area (Å²) in [5.74, 6) is -0.207. The van der Waals surface area contributed by atoms with Crippen LogP contribution in [0.1, 0.15) is 30.0 Å². The molecule has 1 aromatic carbocycles. The summed E-state index contributed by atoms with van der Waals surface area (Å²) in [5.41, 5.74) is 2.56. The first kappa shape index (κ1) is 11.1. The fourth-order valence-electron chi connectivity index (χ4n) is 2.42. The third-order valence-corrected chi connectivity index (χ3v) is 3.33. The molecule has 0 saturated carbocycles. The van der Waals surface area contributed by atoms with Gasteiger partial charge in [-0.15, -0.1) is 0 Å². The minimum Gasteiger partial charge on any atom is -0.387 e. The Kier molecular flexibility index (Phi) is 3.25. The summed E-state index contributed by atoms with van der Waals surface area (Å²) in [5, 5.41) is 8.89. The second-order valence-corrected chi connectivity index (χ2v) is 4.27. The zero-order valence-electron chi connectivity index (χ0n) is 9.52. The molecule has 0 bridgehead atoms. The highest BCUT2D eigenvalue weighted by molar-refractivity contribution is 5.77. The maximum absolute atomic E-state index is 11.5. The Hall–Kier alpha value is -1.35. The number of nitrogens with zero attached hydrogens (tertiary/aromatic N) is 1. The molecule has 86 valence electrons. The lowest BCUT2D eigenvalue weighted by molar-refractivity contribution is -0.135. The van der Waals surface area contributed by atoms with Gasteiger partial charge in [0, 0.05) is 7.05 Å². The predicted molar refractivity (Wildman–Crippen MR) is 62.0 cm³/mol. The number of rotatable bonds is 2. The van der Waals surface area contributed by atoms with Gasteiger partial charge in [-0.25, -0.2) is 0 Å². The summed E-state index contributed by atoms with van der Waals surface area (Å²) < 4.78 is 0. The van der Waals surface area contributed by atoms with Crippen LogP contribution < -0.4 is 0 Å². The molecular weight excluding hydrogens is 202 g/mol. The monoisotopic (exact) mass is 219 g/mol. The molecule has 16 heavy (non-hydrogen) atoms. The van der Waals surface area contributed by atoms with E-state index in [0.29, 0.717) is 0 Å². The first-order valence-electron chi connectivity index (χ1n) is 5.68. The van der Waals surface area contributed by atoms with Crippen LogP contribution >= 0.6 is 0 Å². The number of aliphatic hydroxyl groups excluding tert-OH is 1. The van der Waals surface area contributed by atoms with Gasteiger partial charge in [-0.3, -0.25) is 4.79 Å². The van der Waals surface area contributed by atoms with Crippen LogP contribution in [0.4, 0.5) is 0 Å². The largest absolute Gasteiger partial charge is 0.387 e. The van der Waals surface area contributed by atoms with Gasteiger partial charge in [0.05, 0.1) is 6.04 Å². The van der Waals surface area contributed by atoms with Crippen LogP contribution in [0.2, 0.25) is 0 Å². The molecule has 0 saturated heterocycles. The van der Waals surface area contributed by atoms with Crippen LogP contribution in [-0.4, -0.2) is 29.6 Å². The van der Waals surface area contributed by atoms with Gasteiger partial charge in [0.1, 0.15) is 6.61 Å². The number of hydrogen-bond acceptors (Lipinski definition) is 2. The highest BCUT2D eigenvalue weighted by atomic mass is 16.3. The van der Waals surface area contributed by atoms with Crippen molar-refractivity contribution in [2.45, 2.75) is 25.3 Å². The molecule has 1 amide bonds. The predicted octanol–water partition coefficient (Wildman–Crippen LogP) is 1.51. The Balaban J connectivity index is 2.28. The SMILES string of the molecule is CN(C(=O)CO)[C@H]1CCCc2ccccc21. The van der Waals surface area contributed by atoms with Crippen LogP contribution in [0, 0.1) is 0 Å². The average Bonchev–Trinajstić information content (AvgIpc) is 2.36. The third kappa shape index (κ3) is 1.95. The highest BCUT2D eigenvalue weighted by Gasteiger charge is 2.25. The number of likely N-dealkylation sites (N-methyl/N-ethyl adjacent to an activating group) is 1. The number of aliphatic hydroxyl groups is 1. The molecule has 2 rings (SSSR count). The first-order chi connectivity index (χ1) is 7.74. The van der Waals surface area contributed by atoms with Crippen LogP contribution in [0.15, 0.2) is 24.3 Å². The molecule has 1 aliphatic carbocycles. The van der Waals surface area contributed by atoms with Crippen LogP contribution in [0.5, 0.6) is 0 Å². The van der Waals surface area contributed by atoms with Crippen molar-refractivity contribution in [2.24, 2.45) is 0 Å². The Labute approximate surface area is 95.7 Å². The fourth-order valence-corrected chi connectivity index (χ4v) is 2.42. The van der Waals surface area contributed by atoms with E-state index in [1.54, 1.807) is 11.9 Å². The second kappa shape index (κ2) is 4.66. The molecule has 0 unspecified atom stereocenters. The van der Waals surface area contributed by atoms with Crippen molar-refractivity contribution in [1.29, 1.82) is 0 Å². The molecule has 0 heterocycles. The molecule has 0 aliphatic heterocycles. The van der Waals surface area contributed by atoms with Gasteiger partial charge in [0.25, 0.3) is 0 Å². The van der Waals surface area contributed by atoms with Crippen molar-refractivity contribution in [3.05, 3.63) is 35.4 Å². The van der Waals surface area contributed by atoms with Gasteiger partial charge in [-0.1, -0.05) is 24.3 Å². The molecule has 0 spiro atoms. The normalized spacial score (nSPS) is 19.0. The number of benzene rings is 1. The zero-order valence-corrected chi connectivity index (χ0v) is 9.52. The molecular formula is C13H17NO2. The molecule has 0 radical (unpaired) electrons. The minimum absolute atomic E-state index is 0.129. The van der Waals surface area contributed by atoms with Crippen molar-refractivity contribution < 1.29 is 9.90 Å². The standard InChI is InChI=1S/C13H17NO2/c1-14(13(16)9-15)12-8-4-6-10-5-2-3-7-11(10)12/h2-3,5,7,12,15H,4,6,8-9H2,1H3/t12-/m0/s1. The number of aryl methyl sites for hydroxylation is 1. The quantitative estimate of drug-likeness (QED) is 0.819. The first-order valence-corrected chi connectivity index (χ1v) is 5.68. The van der Waals surface area contributed by atoms with Gasteiger partial charge < -0.3 is 10.0 Å². The van der Waals surface area contributed by atoms with E-state index in [4.69, 9.17) is 5.11 Å². The van der Waals surface area contributed by atoms with Crippen molar-refractivity contribution >= 4 is 5.91 Å². The number of hydrogen-bond donors (Lipinski definition) is 1. The number of amides is 1. The molecule has 1 aromatic rings. The Morgan fingerprint density at radius 3 is 3.00 bits per heavy atom. The maximum Gasteiger partial charge on any atom is 0.248 e. The Morgan fingerprint density at radius 1 is 1.50 bits per heavy atom. The lowest BCUT2D eigenvalue weighted by atomic mass is 9.87. The molecule has 1 aliphatic rings. The van der Waals surface area contributed by atoms with Gasteiger partial charge >= 0.3 is 0 Å². The van der Waals surface area contributed by atoms with E-state index in [1.807, 2.05) is 12.1 Å². The van der Waals surface area contributed by atoms with Gasteiger partial charge in [0.2, 0.25) is 5.91 Å². The van der Waals surface area contributed by atoms with E-state index in [1.165, 1.54) is 11.1 Å². The summed E-state index contributed by atoms with van der Waals surface area (Å²) in [6, 6.07) is 8.38.